The Labute approximate surface area is 119 Å². The van der Waals surface area contributed by atoms with Crippen molar-refractivity contribution in [3.8, 4) is 5.75 Å². The summed E-state index contributed by atoms with van der Waals surface area (Å²) in [6.07, 6.45) is -5.06. The number of likely N-dealkylation sites (tertiary alicyclic amines) is 1. The first-order valence-electron chi connectivity index (χ1n) is 6.16. The number of piperidine rings is 1. The van der Waals surface area contributed by atoms with E-state index >= 15 is 0 Å². The van der Waals surface area contributed by atoms with Crippen molar-refractivity contribution in [2.24, 2.45) is 5.92 Å². The minimum absolute atomic E-state index is 0.0352. The zero-order valence-electron chi connectivity index (χ0n) is 10.5. The van der Waals surface area contributed by atoms with Gasteiger partial charge in [-0.1, -0.05) is 23.7 Å². The molecular formula is C13H13ClF3NO2. The minimum atomic E-state index is -4.20. The number of carbonyl (C=O) groups excluding carboxylic acids is 1. The summed E-state index contributed by atoms with van der Waals surface area (Å²) in [4.78, 5) is 13.1. The van der Waals surface area contributed by atoms with Crippen molar-refractivity contribution < 1.29 is 22.7 Å². The molecule has 1 aliphatic rings. The van der Waals surface area contributed by atoms with Crippen LogP contribution in [0.1, 0.15) is 12.8 Å². The SMILES string of the molecule is O=C(Oc1ccccc1Cl)N1CCC(C(F)(F)F)CC1. The Balaban J connectivity index is 1.91. The van der Waals surface area contributed by atoms with Crippen molar-refractivity contribution in [3.05, 3.63) is 29.3 Å². The predicted octanol–water partition coefficient (Wildman–Crippen LogP) is 4.11. The lowest BCUT2D eigenvalue weighted by Gasteiger charge is -2.32. The van der Waals surface area contributed by atoms with Crippen LogP contribution in [-0.2, 0) is 0 Å². The van der Waals surface area contributed by atoms with Gasteiger partial charge in [-0.2, -0.15) is 13.2 Å². The van der Waals surface area contributed by atoms with Gasteiger partial charge in [0.2, 0.25) is 0 Å². The number of alkyl halides is 3. The van der Waals surface area contributed by atoms with Gasteiger partial charge in [0.25, 0.3) is 0 Å². The number of hydrogen-bond acceptors (Lipinski definition) is 2. The monoisotopic (exact) mass is 307 g/mol. The average Bonchev–Trinajstić information content (AvgIpc) is 2.40. The van der Waals surface area contributed by atoms with Crippen LogP contribution >= 0.6 is 11.6 Å². The van der Waals surface area contributed by atoms with E-state index in [1.54, 1.807) is 18.2 Å². The number of para-hydroxylation sites is 1. The molecule has 0 bridgehead atoms. The summed E-state index contributed by atoms with van der Waals surface area (Å²) in [5.74, 6) is -1.14. The summed E-state index contributed by atoms with van der Waals surface area (Å²) >= 11 is 5.85. The fourth-order valence-corrected chi connectivity index (χ4v) is 2.25. The first-order chi connectivity index (χ1) is 9.38. The maximum atomic E-state index is 12.5. The topological polar surface area (TPSA) is 29.5 Å². The van der Waals surface area contributed by atoms with E-state index in [1.807, 2.05) is 0 Å². The fraction of sp³-hybridized carbons (Fsp3) is 0.462. The molecule has 7 heteroatoms. The van der Waals surface area contributed by atoms with E-state index in [2.05, 4.69) is 0 Å². The second-order valence-electron chi connectivity index (χ2n) is 4.60. The third-order valence-electron chi connectivity index (χ3n) is 3.25. The Bertz CT molecular complexity index is 485. The van der Waals surface area contributed by atoms with E-state index in [-0.39, 0.29) is 36.7 Å². The summed E-state index contributed by atoms with van der Waals surface area (Å²) in [5.41, 5.74) is 0. The van der Waals surface area contributed by atoms with Crippen LogP contribution < -0.4 is 4.74 Å². The number of rotatable bonds is 1. The highest BCUT2D eigenvalue weighted by molar-refractivity contribution is 6.32. The highest BCUT2D eigenvalue weighted by atomic mass is 35.5. The Hall–Kier alpha value is -1.43. The molecule has 20 heavy (non-hydrogen) atoms. The van der Waals surface area contributed by atoms with E-state index in [0.717, 1.165) is 0 Å². The highest BCUT2D eigenvalue weighted by Crippen LogP contribution is 2.34. The van der Waals surface area contributed by atoms with Gasteiger partial charge in [0, 0.05) is 13.1 Å². The van der Waals surface area contributed by atoms with Gasteiger partial charge in [0.05, 0.1) is 10.9 Å². The maximum absolute atomic E-state index is 12.5. The van der Waals surface area contributed by atoms with Gasteiger partial charge in [-0.15, -0.1) is 0 Å². The molecule has 1 aromatic carbocycles. The number of carbonyl (C=O) groups is 1. The van der Waals surface area contributed by atoms with Crippen LogP contribution in [0.15, 0.2) is 24.3 Å². The number of halogens is 4. The Morgan fingerprint density at radius 1 is 1.25 bits per heavy atom. The van der Waals surface area contributed by atoms with Crippen molar-refractivity contribution in [2.45, 2.75) is 19.0 Å². The summed E-state index contributed by atoms with van der Waals surface area (Å²) in [7, 11) is 0. The molecule has 1 saturated heterocycles. The normalized spacial score (nSPS) is 17.1. The van der Waals surface area contributed by atoms with Gasteiger partial charge in [-0.3, -0.25) is 0 Å². The van der Waals surface area contributed by atoms with Crippen LogP contribution in [0.25, 0.3) is 0 Å². The lowest BCUT2D eigenvalue weighted by molar-refractivity contribution is -0.183. The van der Waals surface area contributed by atoms with Crippen LogP contribution in [0.5, 0.6) is 5.75 Å². The van der Waals surface area contributed by atoms with Crippen LogP contribution in [0, 0.1) is 5.92 Å². The van der Waals surface area contributed by atoms with Crippen LogP contribution in [0.4, 0.5) is 18.0 Å². The molecule has 0 spiro atoms. The molecule has 2 rings (SSSR count). The van der Waals surface area contributed by atoms with Gasteiger partial charge in [0.1, 0.15) is 0 Å². The summed E-state index contributed by atoms with van der Waals surface area (Å²) in [5, 5.41) is 0.283. The number of nitrogens with zero attached hydrogens (tertiary/aromatic N) is 1. The average molecular weight is 308 g/mol. The van der Waals surface area contributed by atoms with E-state index in [4.69, 9.17) is 16.3 Å². The summed E-state index contributed by atoms with van der Waals surface area (Å²) < 4.78 is 42.6. The van der Waals surface area contributed by atoms with E-state index in [9.17, 15) is 18.0 Å². The number of ether oxygens (including phenoxy) is 1. The van der Waals surface area contributed by atoms with Gasteiger partial charge in [-0.25, -0.2) is 4.79 Å². The molecule has 1 fully saturated rings. The largest absolute Gasteiger partial charge is 0.415 e. The zero-order valence-corrected chi connectivity index (χ0v) is 11.2. The van der Waals surface area contributed by atoms with Crippen molar-refractivity contribution in [2.75, 3.05) is 13.1 Å². The molecule has 0 aliphatic carbocycles. The lowest BCUT2D eigenvalue weighted by atomic mass is 9.97. The van der Waals surface area contributed by atoms with Crippen molar-refractivity contribution >= 4 is 17.7 Å². The minimum Gasteiger partial charge on any atom is -0.409 e. The van der Waals surface area contributed by atoms with Crippen molar-refractivity contribution in [3.63, 3.8) is 0 Å². The van der Waals surface area contributed by atoms with Crippen molar-refractivity contribution in [1.82, 2.24) is 4.90 Å². The fourth-order valence-electron chi connectivity index (χ4n) is 2.08. The molecular weight excluding hydrogens is 295 g/mol. The molecule has 3 nitrogen and oxygen atoms in total. The molecule has 0 radical (unpaired) electrons. The highest BCUT2D eigenvalue weighted by Gasteiger charge is 2.42. The van der Waals surface area contributed by atoms with Crippen LogP contribution in [0.3, 0.4) is 0 Å². The quantitative estimate of drug-likeness (QED) is 0.781. The first kappa shape index (κ1) is 15.0. The molecule has 110 valence electrons. The van der Waals surface area contributed by atoms with Crippen LogP contribution in [-0.4, -0.2) is 30.3 Å². The zero-order chi connectivity index (χ0) is 14.8. The van der Waals surface area contributed by atoms with E-state index in [1.165, 1.54) is 11.0 Å². The van der Waals surface area contributed by atoms with Gasteiger partial charge >= 0.3 is 12.3 Å². The van der Waals surface area contributed by atoms with E-state index < -0.39 is 18.2 Å². The summed E-state index contributed by atoms with van der Waals surface area (Å²) in [6, 6.07) is 6.45. The van der Waals surface area contributed by atoms with Gasteiger partial charge < -0.3 is 9.64 Å². The molecule has 0 atom stereocenters. The molecule has 1 heterocycles. The predicted molar refractivity (Wildman–Crippen MR) is 67.8 cm³/mol. The Morgan fingerprint density at radius 3 is 2.40 bits per heavy atom. The lowest BCUT2D eigenvalue weighted by Crippen LogP contribution is -2.43. The molecule has 1 aliphatic heterocycles. The molecule has 1 aromatic rings. The maximum Gasteiger partial charge on any atom is 0.415 e. The van der Waals surface area contributed by atoms with Crippen LogP contribution in [0.2, 0.25) is 5.02 Å². The third kappa shape index (κ3) is 3.56. The number of benzene rings is 1. The van der Waals surface area contributed by atoms with Crippen molar-refractivity contribution in [1.29, 1.82) is 0 Å². The second kappa shape index (κ2) is 5.91. The molecule has 0 N–H and O–H groups in total. The second-order valence-corrected chi connectivity index (χ2v) is 5.01. The smallest absolute Gasteiger partial charge is 0.409 e. The Kier molecular flexibility index (Phi) is 4.42. The number of amides is 1. The molecule has 0 aromatic heterocycles. The third-order valence-corrected chi connectivity index (χ3v) is 3.56. The molecule has 1 amide bonds. The number of hydrogen-bond donors (Lipinski definition) is 0. The first-order valence-corrected chi connectivity index (χ1v) is 6.53. The Morgan fingerprint density at radius 2 is 1.85 bits per heavy atom. The molecule has 0 unspecified atom stereocenters. The van der Waals surface area contributed by atoms with Gasteiger partial charge in [-0.05, 0) is 25.0 Å². The summed E-state index contributed by atoms with van der Waals surface area (Å²) in [6.45, 7) is 0.0704. The van der Waals surface area contributed by atoms with Gasteiger partial charge in [0.15, 0.2) is 5.75 Å². The van der Waals surface area contributed by atoms with E-state index in [0.29, 0.717) is 0 Å². The molecule has 0 saturated carbocycles. The standard InChI is InChI=1S/C13H13ClF3NO2/c14-10-3-1-2-4-11(10)20-12(19)18-7-5-9(6-8-18)13(15,16)17/h1-4,9H,5-8H2.